The van der Waals surface area contributed by atoms with E-state index < -0.39 is 6.10 Å². The van der Waals surface area contributed by atoms with E-state index in [1.807, 2.05) is 18.4 Å². The second kappa shape index (κ2) is 6.09. The number of imidazole rings is 1. The summed E-state index contributed by atoms with van der Waals surface area (Å²) in [6.07, 6.45) is 4.18. The molecule has 2 aromatic heterocycles. The van der Waals surface area contributed by atoms with Crippen molar-refractivity contribution in [1.29, 1.82) is 0 Å². The Bertz CT molecular complexity index is 882. The lowest BCUT2D eigenvalue weighted by atomic mass is 9.87. The summed E-state index contributed by atoms with van der Waals surface area (Å²) >= 11 is 6.41. The van der Waals surface area contributed by atoms with Crippen LogP contribution in [0, 0.1) is 5.41 Å². The standard InChI is InChI=1S/C18H24ClN5O2/c1-9-6-11(25)12-13(22-9)14-16(23-15(12)19)24(8-21-14)10-4-5-18(2,7-10)17(26)20-3/h8-11,22,25H,4-7H2,1-3H3,(H,20,26). The molecule has 4 atom stereocenters. The summed E-state index contributed by atoms with van der Waals surface area (Å²) in [5, 5.41) is 16.9. The molecule has 2 aliphatic rings. The highest BCUT2D eigenvalue weighted by molar-refractivity contribution is 6.31. The van der Waals surface area contributed by atoms with Crippen molar-refractivity contribution in [1.82, 2.24) is 19.9 Å². The molecule has 26 heavy (non-hydrogen) atoms. The van der Waals surface area contributed by atoms with Gasteiger partial charge in [0.1, 0.15) is 10.7 Å². The highest BCUT2D eigenvalue weighted by Crippen LogP contribution is 2.46. The van der Waals surface area contributed by atoms with Crippen molar-refractivity contribution in [3.05, 3.63) is 17.0 Å². The van der Waals surface area contributed by atoms with Gasteiger partial charge in [-0.15, -0.1) is 0 Å². The van der Waals surface area contributed by atoms with Gasteiger partial charge in [-0.25, -0.2) is 9.97 Å². The van der Waals surface area contributed by atoms with E-state index in [9.17, 15) is 9.90 Å². The average Bonchev–Trinajstić information content (AvgIpc) is 3.18. The number of aromatic nitrogens is 3. The van der Waals surface area contributed by atoms with Crippen LogP contribution < -0.4 is 10.6 Å². The van der Waals surface area contributed by atoms with Crippen molar-refractivity contribution >= 4 is 34.4 Å². The first-order chi connectivity index (χ1) is 12.3. The highest BCUT2D eigenvalue weighted by Gasteiger charge is 2.42. The second-order valence-electron chi connectivity index (χ2n) is 7.85. The second-order valence-corrected chi connectivity index (χ2v) is 8.21. The Hall–Kier alpha value is -1.86. The number of pyridine rings is 1. The normalized spacial score (nSPS) is 30.9. The average molecular weight is 378 g/mol. The first-order valence-corrected chi connectivity index (χ1v) is 9.44. The van der Waals surface area contributed by atoms with Gasteiger partial charge in [-0.2, -0.15) is 0 Å². The summed E-state index contributed by atoms with van der Waals surface area (Å²) in [6.45, 7) is 4.03. The molecule has 7 nitrogen and oxygen atoms in total. The van der Waals surface area contributed by atoms with Gasteiger partial charge in [-0.05, 0) is 32.6 Å². The summed E-state index contributed by atoms with van der Waals surface area (Å²) in [4.78, 5) is 21.3. The first-order valence-electron chi connectivity index (χ1n) is 9.07. The smallest absolute Gasteiger partial charge is 0.225 e. The maximum Gasteiger partial charge on any atom is 0.225 e. The van der Waals surface area contributed by atoms with Crippen LogP contribution in [0.5, 0.6) is 0 Å². The number of hydrogen-bond donors (Lipinski definition) is 3. The van der Waals surface area contributed by atoms with Crippen molar-refractivity contribution in [2.24, 2.45) is 5.41 Å². The predicted octanol–water partition coefficient (Wildman–Crippen LogP) is 2.80. The molecule has 0 aromatic carbocycles. The van der Waals surface area contributed by atoms with Crippen molar-refractivity contribution in [3.8, 4) is 0 Å². The fraction of sp³-hybridized carbons (Fsp3) is 0.611. The topological polar surface area (TPSA) is 92.1 Å². The Morgan fingerprint density at radius 1 is 1.54 bits per heavy atom. The molecule has 0 spiro atoms. The van der Waals surface area contributed by atoms with Crippen LogP contribution in [0.15, 0.2) is 6.33 Å². The molecule has 2 aromatic rings. The highest BCUT2D eigenvalue weighted by atomic mass is 35.5. The third kappa shape index (κ3) is 2.56. The summed E-state index contributed by atoms with van der Waals surface area (Å²) in [7, 11) is 1.68. The minimum absolute atomic E-state index is 0.0754. The Labute approximate surface area is 157 Å². The van der Waals surface area contributed by atoms with E-state index in [0.29, 0.717) is 22.8 Å². The van der Waals surface area contributed by atoms with Crippen LogP contribution in [-0.4, -0.2) is 38.6 Å². The number of amides is 1. The molecule has 3 heterocycles. The molecular formula is C18H24ClN5O2. The van der Waals surface area contributed by atoms with E-state index >= 15 is 0 Å². The Morgan fingerprint density at radius 2 is 2.31 bits per heavy atom. The molecule has 1 aliphatic carbocycles. The number of carbonyl (C=O) groups excluding carboxylic acids is 1. The van der Waals surface area contributed by atoms with Crippen LogP contribution in [0.2, 0.25) is 5.15 Å². The van der Waals surface area contributed by atoms with Gasteiger partial charge < -0.3 is 20.3 Å². The lowest BCUT2D eigenvalue weighted by molar-refractivity contribution is -0.129. The molecule has 0 saturated heterocycles. The van der Waals surface area contributed by atoms with Crippen LogP contribution in [0.25, 0.3) is 11.2 Å². The quantitative estimate of drug-likeness (QED) is 0.700. The molecule has 4 unspecified atom stereocenters. The number of aliphatic hydroxyl groups is 1. The zero-order chi connectivity index (χ0) is 18.6. The van der Waals surface area contributed by atoms with Gasteiger partial charge in [0.05, 0.1) is 18.1 Å². The number of halogens is 1. The fourth-order valence-corrected chi connectivity index (χ4v) is 4.76. The van der Waals surface area contributed by atoms with Crippen LogP contribution in [0.3, 0.4) is 0 Å². The number of carbonyl (C=O) groups is 1. The minimum Gasteiger partial charge on any atom is -0.388 e. The lowest BCUT2D eigenvalue weighted by Crippen LogP contribution is -2.35. The van der Waals surface area contributed by atoms with E-state index in [1.54, 1.807) is 13.4 Å². The molecule has 0 radical (unpaired) electrons. The van der Waals surface area contributed by atoms with Crippen LogP contribution in [0.4, 0.5) is 5.69 Å². The lowest BCUT2D eigenvalue weighted by Gasteiger charge is -2.29. The molecule has 8 heteroatoms. The van der Waals surface area contributed by atoms with Gasteiger partial charge in [0.15, 0.2) is 5.65 Å². The number of hydrogen-bond acceptors (Lipinski definition) is 5. The van der Waals surface area contributed by atoms with E-state index in [2.05, 4.69) is 20.6 Å². The van der Waals surface area contributed by atoms with E-state index in [0.717, 1.165) is 30.5 Å². The van der Waals surface area contributed by atoms with Gasteiger partial charge in [-0.3, -0.25) is 4.79 Å². The van der Waals surface area contributed by atoms with Crippen molar-refractivity contribution in [2.45, 2.75) is 57.7 Å². The van der Waals surface area contributed by atoms with Gasteiger partial charge in [-0.1, -0.05) is 18.5 Å². The molecular weight excluding hydrogens is 354 g/mol. The number of nitrogens with zero attached hydrogens (tertiary/aromatic N) is 3. The Morgan fingerprint density at radius 3 is 3.04 bits per heavy atom. The third-order valence-corrected chi connectivity index (χ3v) is 6.17. The molecule has 1 aliphatic heterocycles. The predicted molar refractivity (Wildman–Crippen MR) is 100 cm³/mol. The van der Waals surface area contributed by atoms with Crippen molar-refractivity contribution in [2.75, 3.05) is 12.4 Å². The van der Waals surface area contributed by atoms with E-state index in [-0.39, 0.29) is 23.4 Å². The number of nitrogens with one attached hydrogen (secondary N) is 2. The Kier molecular flexibility index (Phi) is 4.11. The van der Waals surface area contributed by atoms with Gasteiger partial charge in [0, 0.05) is 30.1 Å². The van der Waals surface area contributed by atoms with Gasteiger partial charge in [0.25, 0.3) is 0 Å². The molecule has 1 saturated carbocycles. The van der Waals surface area contributed by atoms with Gasteiger partial charge >= 0.3 is 0 Å². The van der Waals surface area contributed by atoms with Crippen LogP contribution >= 0.6 is 11.6 Å². The molecule has 4 rings (SSSR count). The number of aliphatic hydroxyl groups excluding tert-OH is 1. The summed E-state index contributed by atoms with van der Waals surface area (Å²) < 4.78 is 2.03. The van der Waals surface area contributed by atoms with E-state index in [1.165, 1.54) is 0 Å². The largest absolute Gasteiger partial charge is 0.388 e. The summed E-state index contributed by atoms with van der Waals surface area (Å²) in [5.41, 5.74) is 2.45. The summed E-state index contributed by atoms with van der Waals surface area (Å²) in [5.74, 6) is 0.0754. The van der Waals surface area contributed by atoms with Crippen molar-refractivity contribution in [3.63, 3.8) is 0 Å². The number of anilines is 1. The molecule has 1 fully saturated rings. The minimum atomic E-state index is -0.640. The zero-order valence-corrected chi connectivity index (χ0v) is 16.0. The van der Waals surface area contributed by atoms with Crippen LogP contribution in [-0.2, 0) is 4.79 Å². The monoisotopic (exact) mass is 377 g/mol. The van der Waals surface area contributed by atoms with E-state index in [4.69, 9.17) is 11.6 Å². The molecule has 1 amide bonds. The van der Waals surface area contributed by atoms with Crippen LogP contribution in [0.1, 0.15) is 57.2 Å². The third-order valence-electron chi connectivity index (χ3n) is 5.88. The van der Waals surface area contributed by atoms with Crippen molar-refractivity contribution < 1.29 is 9.90 Å². The maximum atomic E-state index is 12.2. The molecule has 0 bridgehead atoms. The number of rotatable bonds is 2. The fourth-order valence-electron chi connectivity index (χ4n) is 4.46. The SMILES string of the molecule is CNC(=O)C1(C)CCC(n2cnc3c4c(c(Cl)nc32)C(O)CC(C)N4)C1. The number of fused-ring (bicyclic) bond motifs is 3. The van der Waals surface area contributed by atoms with Gasteiger partial charge in [0.2, 0.25) is 5.91 Å². The zero-order valence-electron chi connectivity index (χ0n) is 15.2. The first kappa shape index (κ1) is 17.5. The maximum absolute atomic E-state index is 12.2. The Balaban J connectivity index is 1.76. The molecule has 140 valence electrons. The molecule has 3 N–H and O–H groups in total. The summed E-state index contributed by atoms with van der Waals surface area (Å²) in [6, 6.07) is 0.280.